The summed E-state index contributed by atoms with van der Waals surface area (Å²) in [5.41, 5.74) is 1.27. The molecule has 0 saturated heterocycles. The number of pyridine rings is 2. The highest BCUT2D eigenvalue weighted by atomic mass is 35.5. The van der Waals surface area contributed by atoms with E-state index < -0.39 is 20.2 Å². The Morgan fingerprint density at radius 3 is 2.61 bits per heavy atom. The molecule has 0 aromatic carbocycles. The Labute approximate surface area is 170 Å². The summed E-state index contributed by atoms with van der Waals surface area (Å²) in [5, 5.41) is 0.575. The molecule has 0 spiro atoms. The number of aromatic nitrogens is 3. The van der Waals surface area contributed by atoms with Crippen LogP contribution in [0.4, 0.5) is 4.39 Å². The van der Waals surface area contributed by atoms with E-state index in [1.807, 2.05) is 0 Å². The Morgan fingerprint density at radius 1 is 1.21 bits per heavy atom. The highest BCUT2D eigenvalue weighted by Crippen LogP contribution is 2.37. The van der Waals surface area contributed by atoms with Gasteiger partial charge in [-0.2, -0.15) is 0 Å². The van der Waals surface area contributed by atoms with Crippen molar-refractivity contribution in [1.82, 2.24) is 14.4 Å². The van der Waals surface area contributed by atoms with Gasteiger partial charge in [-0.05, 0) is 30.3 Å². The molecule has 28 heavy (non-hydrogen) atoms. The SMILES string of the molecule is CC(C)(C)[Si](C)(C)OCC(Oc1cc(Cl)cc2nccn12)c1ccc(F)cn1. The number of fused-ring (bicyclic) bond motifs is 1. The molecule has 5 nitrogen and oxygen atoms in total. The molecule has 0 bridgehead atoms. The topological polar surface area (TPSA) is 48.7 Å². The lowest BCUT2D eigenvalue weighted by molar-refractivity contribution is 0.112. The lowest BCUT2D eigenvalue weighted by Crippen LogP contribution is -2.42. The summed E-state index contributed by atoms with van der Waals surface area (Å²) in [6.45, 7) is 11.2. The minimum absolute atomic E-state index is 0.0570. The molecule has 1 atom stereocenters. The molecule has 3 rings (SSSR count). The largest absolute Gasteiger partial charge is 0.466 e. The minimum Gasteiger partial charge on any atom is -0.466 e. The molecule has 0 amide bonds. The Kier molecular flexibility index (Phi) is 5.79. The van der Waals surface area contributed by atoms with Crippen molar-refractivity contribution < 1.29 is 13.6 Å². The Balaban J connectivity index is 1.92. The fourth-order valence-corrected chi connectivity index (χ4v) is 3.65. The zero-order valence-corrected chi connectivity index (χ0v) is 18.5. The molecular formula is C20H25ClFN3O2Si. The summed E-state index contributed by atoms with van der Waals surface area (Å²) in [4.78, 5) is 8.46. The molecule has 1 unspecified atom stereocenters. The summed E-state index contributed by atoms with van der Waals surface area (Å²) >= 11 is 6.22. The molecule has 0 radical (unpaired) electrons. The second kappa shape index (κ2) is 7.81. The van der Waals surface area contributed by atoms with Gasteiger partial charge in [0.25, 0.3) is 0 Å². The van der Waals surface area contributed by atoms with Gasteiger partial charge >= 0.3 is 0 Å². The lowest BCUT2D eigenvalue weighted by atomic mass is 10.2. The number of rotatable bonds is 6. The normalized spacial score (nSPS) is 13.7. The second-order valence-corrected chi connectivity index (χ2v) is 13.5. The van der Waals surface area contributed by atoms with Crippen LogP contribution in [-0.2, 0) is 4.43 Å². The predicted octanol–water partition coefficient (Wildman–Crippen LogP) is 5.66. The third-order valence-electron chi connectivity index (χ3n) is 5.18. The number of hydrogen-bond donors (Lipinski definition) is 0. The van der Waals surface area contributed by atoms with Gasteiger partial charge in [-0.3, -0.25) is 9.38 Å². The molecule has 0 saturated carbocycles. The maximum atomic E-state index is 13.4. The van der Waals surface area contributed by atoms with Gasteiger partial charge in [0.15, 0.2) is 14.4 Å². The molecular weight excluding hydrogens is 397 g/mol. The number of imidazole rings is 1. The average Bonchev–Trinajstić information content (AvgIpc) is 3.06. The van der Waals surface area contributed by atoms with Crippen LogP contribution in [0.2, 0.25) is 23.2 Å². The molecule has 0 N–H and O–H groups in total. The van der Waals surface area contributed by atoms with E-state index in [2.05, 4.69) is 43.8 Å². The maximum absolute atomic E-state index is 13.4. The summed E-state index contributed by atoms with van der Waals surface area (Å²) in [6.07, 6.45) is 4.14. The van der Waals surface area contributed by atoms with Crippen LogP contribution in [0.15, 0.2) is 42.9 Å². The van der Waals surface area contributed by atoms with E-state index in [0.29, 0.717) is 28.9 Å². The van der Waals surface area contributed by atoms with E-state index in [1.54, 1.807) is 35.0 Å². The first-order valence-corrected chi connectivity index (χ1v) is 12.4. The number of hydrogen-bond acceptors (Lipinski definition) is 4. The molecule has 150 valence electrons. The monoisotopic (exact) mass is 421 g/mol. The number of ether oxygens (including phenoxy) is 1. The zero-order valence-electron chi connectivity index (χ0n) is 16.7. The molecule has 3 aromatic heterocycles. The van der Waals surface area contributed by atoms with Crippen molar-refractivity contribution in [1.29, 1.82) is 0 Å². The van der Waals surface area contributed by atoms with Gasteiger partial charge in [0.05, 0.1) is 18.5 Å². The standard InChI is InChI=1S/C20H25ClFN3O2Si/c1-20(2,3)28(4,5)26-13-17(16-7-6-15(22)12-24-16)27-19-11-14(21)10-18-23-8-9-25(18)19/h6-12,17H,13H2,1-5H3. The first-order valence-electron chi connectivity index (χ1n) is 9.11. The van der Waals surface area contributed by atoms with Crippen molar-refractivity contribution >= 4 is 25.6 Å². The third-order valence-corrected chi connectivity index (χ3v) is 9.90. The van der Waals surface area contributed by atoms with E-state index in [1.165, 1.54) is 12.3 Å². The van der Waals surface area contributed by atoms with Crippen LogP contribution in [0, 0.1) is 5.82 Å². The van der Waals surface area contributed by atoms with Crippen LogP contribution < -0.4 is 4.74 Å². The van der Waals surface area contributed by atoms with Crippen molar-refractivity contribution in [2.45, 2.75) is 45.0 Å². The van der Waals surface area contributed by atoms with Gasteiger partial charge in [0.1, 0.15) is 11.5 Å². The van der Waals surface area contributed by atoms with Crippen molar-refractivity contribution in [3.8, 4) is 5.88 Å². The Hall–Kier alpha value is -1.96. The van der Waals surface area contributed by atoms with Crippen LogP contribution in [0.1, 0.15) is 32.6 Å². The molecule has 3 aromatic rings. The van der Waals surface area contributed by atoms with Gasteiger partial charge in [-0.25, -0.2) is 9.37 Å². The second-order valence-electron chi connectivity index (χ2n) is 8.25. The summed E-state index contributed by atoms with van der Waals surface area (Å²) in [6, 6.07) is 6.46. The van der Waals surface area contributed by atoms with Crippen LogP contribution >= 0.6 is 11.6 Å². The van der Waals surface area contributed by atoms with Gasteiger partial charge in [-0.1, -0.05) is 32.4 Å². The molecule has 0 aliphatic rings. The average molecular weight is 422 g/mol. The van der Waals surface area contributed by atoms with Crippen molar-refractivity contribution in [3.63, 3.8) is 0 Å². The van der Waals surface area contributed by atoms with Crippen molar-refractivity contribution in [3.05, 3.63) is 59.4 Å². The quantitative estimate of drug-likeness (QED) is 0.481. The first-order chi connectivity index (χ1) is 13.1. The molecule has 3 heterocycles. The highest BCUT2D eigenvalue weighted by molar-refractivity contribution is 6.74. The molecule has 0 fully saturated rings. The minimum atomic E-state index is -2.01. The van der Waals surface area contributed by atoms with Gasteiger partial charge in [-0.15, -0.1) is 0 Å². The molecule has 0 aliphatic heterocycles. The number of nitrogens with zero attached hydrogens (tertiary/aromatic N) is 3. The van der Waals surface area contributed by atoms with Crippen LogP contribution in [0.25, 0.3) is 5.65 Å². The van der Waals surface area contributed by atoms with E-state index in [9.17, 15) is 4.39 Å². The summed E-state index contributed by atoms with van der Waals surface area (Å²) in [7, 11) is -2.01. The van der Waals surface area contributed by atoms with Crippen LogP contribution in [0.5, 0.6) is 5.88 Å². The third kappa shape index (κ3) is 4.53. The van der Waals surface area contributed by atoms with Gasteiger partial charge < -0.3 is 9.16 Å². The molecule has 8 heteroatoms. The number of halogens is 2. The summed E-state index contributed by atoms with van der Waals surface area (Å²) < 4.78 is 27.8. The van der Waals surface area contributed by atoms with E-state index in [-0.39, 0.29) is 5.04 Å². The fraction of sp³-hybridized carbons (Fsp3) is 0.400. The van der Waals surface area contributed by atoms with Gasteiger partial charge in [0, 0.05) is 29.5 Å². The highest BCUT2D eigenvalue weighted by Gasteiger charge is 2.38. The Bertz CT molecular complexity index is 954. The Morgan fingerprint density at radius 2 is 1.96 bits per heavy atom. The first kappa shape index (κ1) is 20.8. The lowest BCUT2D eigenvalue weighted by Gasteiger charge is -2.37. The fourth-order valence-electron chi connectivity index (χ4n) is 2.46. The van der Waals surface area contributed by atoms with Crippen molar-refractivity contribution in [2.75, 3.05) is 6.61 Å². The maximum Gasteiger partial charge on any atom is 0.201 e. The van der Waals surface area contributed by atoms with Crippen LogP contribution in [-0.4, -0.2) is 29.3 Å². The smallest absolute Gasteiger partial charge is 0.201 e. The predicted molar refractivity (Wildman–Crippen MR) is 111 cm³/mol. The van der Waals surface area contributed by atoms with Gasteiger partial charge in [0.2, 0.25) is 5.88 Å². The summed E-state index contributed by atoms with van der Waals surface area (Å²) in [5.74, 6) is 0.127. The van der Waals surface area contributed by atoms with Crippen LogP contribution in [0.3, 0.4) is 0 Å². The van der Waals surface area contributed by atoms with E-state index >= 15 is 0 Å². The van der Waals surface area contributed by atoms with Crippen molar-refractivity contribution in [2.24, 2.45) is 0 Å². The van der Waals surface area contributed by atoms with E-state index in [0.717, 1.165) is 0 Å². The van der Waals surface area contributed by atoms with E-state index in [4.69, 9.17) is 20.8 Å². The zero-order chi connectivity index (χ0) is 20.5. The molecule has 0 aliphatic carbocycles.